The molecular weight excluding hydrogens is 252 g/mol. The van der Waals surface area contributed by atoms with Gasteiger partial charge in [0.2, 0.25) is 5.78 Å². The second-order valence-corrected chi connectivity index (χ2v) is 4.95. The number of hydrogen-bond donors (Lipinski definition) is 0. The number of methoxy groups -OCH3 is 1. The maximum atomic E-state index is 12.7. The third-order valence-corrected chi connectivity index (χ3v) is 3.18. The Bertz CT molecular complexity index is 599. The van der Waals surface area contributed by atoms with Gasteiger partial charge in [-0.2, -0.15) is 0 Å². The molecule has 1 aromatic heterocycles. The highest BCUT2D eigenvalue weighted by molar-refractivity contribution is 6.23. The highest BCUT2D eigenvalue weighted by Gasteiger charge is 2.30. The van der Waals surface area contributed by atoms with Gasteiger partial charge in [-0.15, -0.1) is 0 Å². The second kappa shape index (κ2) is 5.84. The monoisotopic (exact) mass is 270 g/mol. The van der Waals surface area contributed by atoms with Gasteiger partial charge in [0.1, 0.15) is 5.60 Å². The molecule has 104 valence electrons. The number of nitrogens with zero attached hydrogens (tertiary/aromatic N) is 2. The van der Waals surface area contributed by atoms with Crippen LogP contribution in [0, 0.1) is 0 Å². The average molecular weight is 270 g/mol. The predicted molar refractivity (Wildman–Crippen MR) is 78.9 cm³/mol. The lowest BCUT2D eigenvalue weighted by atomic mass is 9.99. The maximum absolute atomic E-state index is 12.7. The quantitative estimate of drug-likeness (QED) is 0.785. The molecule has 0 radical (unpaired) electrons. The lowest BCUT2D eigenvalue weighted by Gasteiger charge is -2.23. The Morgan fingerprint density at radius 1 is 1.30 bits per heavy atom. The van der Waals surface area contributed by atoms with Gasteiger partial charge in [0, 0.05) is 19.5 Å². The summed E-state index contributed by atoms with van der Waals surface area (Å²) in [6, 6.07) is 9.70. The lowest BCUT2D eigenvalue weighted by Crippen LogP contribution is -2.35. The zero-order valence-corrected chi connectivity index (χ0v) is 11.9. The van der Waals surface area contributed by atoms with Crippen molar-refractivity contribution in [3.05, 3.63) is 54.6 Å². The molecular formula is C16H18N2O2. The van der Waals surface area contributed by atoms with E-state index in [1.54, 1.807) is 37.1 Å². The van der Waals surface area contributed by atoms with Gasteiger partial charge in [0.05, 0.1) is 12.0 Å². The number of hydrogen-bond acceptors (Lipinski definition) is 3. The molecule has 0 spiro atoms. The first kappa shape index (κ1) is 14.2. The van der Waals surface area contributed by atoms with Gasteiger partial charge in [-0.05, 0) is 25.5 Å². The molecule has 0 atom stereocenters. The number of Topliss-reactive ketones (excluding diaryl/α,β-unsaturated/α-hetero) is 1. The van der Waals surface area contributed by atoms with E-state index in [-0.39, 0.29) is 5.78 Å². The molecule has 0 saturated heterocycles. The number of imidazole rings is 1. The summed E-state index contributed by atoms with van der Waals surface area (Å²) in [6.45, 7) is 3.51. The van der Waals surface area contributed by atoms with Crippen LogP contribution in [0.15, 0.2) is 49.1 Å². The molecule has 1 heterocycles. The minimum atomic E-state index is -0.884. The molecule has 0 saturated carbocycles. The topological polar surface area (TPSA) is 44.1 Å². The molecule has 0 bridgehead atoms. The van der Waals surface area contributed by atoms with Crippen molar-refractivity contribution in [2.45, 2.75) is 19.4 Å². The molecule has 4 nitrogen and oxygen atoms in total. The Balaban J connectivity index is 2.47. The molecule has 0 amide bonds. The summed E-state index contributed by atoms with van der Waals surface area (Å²) in [5, 5.41) is 0. The Morgan fingerprint density at radius 2 is 2.00 bits per heavy atom. The summed E-state index contributed by atoms with van der Waals surface area (Å²) in [7, 11) is 1.53. The SMILES string of the molecule is COC(C)(C)C(=O)/C(=C\c1ccccc1)n1ccnc1. The zero-order valence-electron chi connectivity index (χ0n) is 11.9. The molecule has 2 rings (SSSR count). The van der Waals surface area contributed by atoms with E-state index >= 15 is 0 Å². The van der Waals surface area contributed by atoms with E-state index in [0.29, 0.717) is 5.70 Å². The zero-order chi connectivity index (χ0) is 14.6. The van der Waals surface area contributed by atoms with Gasteiger partial charge in [-0.25, -0.2) is 4.98 Å². The van der Waals surface area contributed by atoms with Crippen LogP contribution in [0.25, 0.3) is 11.8 Å². The van der Waals surface area contributed by atoms with Crippen molar-refractivity contribution < 1.29 is 9.53 Å². The van der Waals surface area contributed by atoms with Crippen molar-refractivity contribution in [1.29, 1.82) is 0 Å². The molecule has 0 aliphatic rings. The largest absolute Gasteiger partial charge is 0.371 e. The van der Waals surface area contributed by atoms with Crippen LogP contribution in [-0.4, -0.2) is 28.0 Å². The fourth-order valence-electron chi connectivity index (χ4n) is 1.77. The Hall–Kier alpha value is -2.20. The van der Waals surface area contributed by atoms with Crippen molar-refractivity contribution in [2.75, 3.05) is 7.11 Å². The summed E-state index contributed by atoms with van der Waals surface area (Å²) < 4.78 is 7.00. The summed E-state index contributed by atoms with van der Waals surface area (Å²) in [5.74, 6) is -0.0955. The highest BCUT2D eigenvalue weighted by atomic mass is 16.5. The smallest absolute Gasteiger partial charge is 0.210 e. The molecule has 4 heteroatoms. The molecule has 0 unspecified atom stereocenters. The summed E-state index contributed by atoms with van der Waals surface area (Å²) in [5.41, 5.74) is 0.599. The number of ketones is 1. The van der Waals surface area contributed by atoms with Crippen molar-refractivity contribution in [3.8, 4) is 0 Å². The molecule has 20 heavy (non-hydrogen) atoms. The molecule has 0 aliphatic carbocycles. The Labute approximate surface area is 118 Å². The van der Waals surface area contributed by atoms with Crippen LogP contribution in [0.1, 0.15) is 19.4 Å². The van der Waals surface area contributed by atoms with Gasteiger partial charge in [0.15, 0.2) is 0 Å². The van der Waals surface area contributed by atoms with Crippen LogP contribution in [-0.2, 0) is 9.53 Å². The van der Waals surface area contributed by atoms with Gasteiger partial charge < -0.3 is 9.30 Å². The highest BCUT2D eigenvalue weighted by Crippen LogP contribution is 2.21. The lowest BCUT2D eigenvalue weighted by molar-refractivity contribution is -0.131. The fraction of sp³-hybridized carbons (Fsp3) is 0.250. The Morgan fingerprint density at radius 3 is 2.55 bits per heavy atom. The summed E-state index contributed by atoms with van der Waals surface area (Å²) in [6.07, 6.45) is 6.84. The van der Waals surface area contributed by atoms with E-state index in [2.05, 4.69) is 4.98 Å². The van der Waals surface area contributed by atoms with Gasteiger partial charge >= 0.3 is 0 Å². The second-order valence-electron chi connectivity index (χ2n) is 4.95. The number of ether oxygens (including phenoxy) is 1. The van der Waals surface area contributed by atoms with Crippen LogP contribution in [0.3, 0.4) is 0 Å². The van der Waals surface area contributed by atoms with E-state index in [1.165, 1.54) is 7.11 Å². The van der Waals surface area contributed by atoms with Crippen molar-refractivity contribution in [2.24, 2.45) is 0 Å². The van der Waals surface area contributed by atoms with E-state index in [4.69, 9.17) is 4.74 Å². The van der Waals surface area contributed by atoms with E-state index in [1.807, 2.05) is 36.4 Å². The molecule has 0 aliphatic heterocycles. The van der Waals surface area contributed by atoms with Gasteiger partial charge in [-0.1, -0.05) is 30.3 Å². The molecule has 1 aromatic carbocycles. The fourth-order valence-corrected chi connectivity index (χ4v) is 1.77. The third kappa shape index (κ3) is 3.03. The van der Waals surface area contributed by atoms with Crippen LogP contribution in [0.2, 0.25) is 0 Å². The molecule has 2 aromatic rings. The third-order valence-electron chi connectivity index (χ3n) is 3.18. The average Bonchev–Trinajstić information content (AvgIpc) is 2.99. The first-order valence-electron chi connectivity index (χ1n) is 6.39. The minimum Gasteiger partial charge on any atom is -0.371 e. The van der Waals surface area contributed by atoms with Crippen molar-refractivity contribution >= 4 is 17.6 Å². The molecule has 0 fully saturated rings. The number of rotatable bonds is 5. The first-order valence-corrected chi connectivity index (χ1v) is 6.39. The number of carbonyl (C=O) groups excluding carboxylic acids is 1. The van der Waals surface area contributed by atoms with E-state index in [9.17, 15) is 4.79 Å². The van der Waals surface area contributed by atoms with E-state index < -0.39 is 5.60 Å². The van der Waals surface area contributed by atoms with Crippen molar-refractivity contribution in [1.82, 2.24) is 9.55 Å². The maximum Gasteiger partial charge on any atom is 0.210 e. The van der Waals surface area contributed by atoms with Crippen molar-refractivity contribution in [3.63, 3.8) is 0 Å². The summed E-state index contributed by atoms with van der Waals surface area (Å²) in [4.78, 5) is 16.7. The molecule has 0 N–H and O–H groups in total. The van der Waals surface area contributed by atoms with Crippen LogP contribution in [0.4, 0.5) is 0 Å². The Kier molecular flexibility index (Phi) is 4.15. The normalized spacial score (nSPS) is 12.4. The van der Waals surface area contributed by atoms with Crippen LogP contribution >= 0.6 is 0 Å². The van der Waals surface area contributed by atoms with Gasteiger partial charge in [0.25, 0.3) is 0 Å². The minimum absolute atomic E-state index is 0.0955. The number of benzene rings is 1. The van der Waals surface area contributed by atoms with Gasteiger partial charge in [-0.3, -0.25) is 4.79 Å². The van der Waals surface area contributed by atoms with Crippen LogP contribution in [0.5, 0.6) is 0 Å². The number of carbonyl (C=O) groups is 1. The van der Waals surface area contributed by atoms with Crippen LogP contribution < -0.4 is 0 Å². The standard InChI is InChI=1S/C16H18N2O2/c1-16(2,20-3)15(19)14(18-10-9-17-12-18)11-13-7-5-4-6-8-13/h4-12H,1-3H3/b14-11+. The summed E-state index contributed by atoms with van der Waals surface area (Å²) >= 11 is 0. The number of aromatic nitrogens is 2. The van der Waals surface area contributed by atoms with E-state index in [0.717, 1.165) is 5.56 Å². The first-order chi connectivity index (χ1) is 9.54. The predicted octanol–water partition coefficient (Wildman–Crippen LogP) is 2.88.